The molecule has 1 heterocycles. The zero-order valence-electron chi connectivity index (χ0n) is 10.6. The van der Waals surface area contributed by atoms with Gasteiger partial charge in [-0.05, 0) is 30.8 Å². The van der Waals surface area contributed by atoms with Crippen molar-refractivity contribution in [1.82, 2.24) is 4.90 Å². The average Bonchev–Trinajstić information content (AvgIpc) is 2.85. The lowest BCUT2D eigenvalue weighted by atomic mass is 10.1. The van der Waals surface area contributed by atoms with E-state index in [-0.39, 0.29) is 11.9 Å². The predicted molar refractivity (Wildman–Crippen MR) is 76.1 cm³/mol. The predicted octanol–water partition coefficient (Wildman–Crippen LogP) is 3.31. The van der Waals surface area contributed by atoms with Crippen LogP contribution < -0.4 is 5.73 Å². The van der Waals surface area contributed by atoms with Crippen molar-refractivity contribution in [3.05, 3.63) is 58.2 Å². The summed E-state index contributed by atoms with van der Waals surface area (Å²) in [6, 6.07) is 6.62. The summed E-state index contributed by atoms with van der Waals surface area (Å²) in [7, 11) is 1.99. The van der Waals surface area contributed by atoms with E-state index < -0.39 is 0 Å². The molecule has 0 aliphatic carbocycles. The smallest absolute Gasteiger partial charge is 0.124 e. The zero-order chi connectivity index (χ0) is 13.8. The van der Waals surface area contributed by atoms with Crippen molar-refractivity contribution in [1.29, 1.82) is 0 Å². The van der Waals surface area contributed by atoms with Crippen LogP contribution in [0.15, 0.2) is 45.7 Å². The second-order valence-electron chi connectivity index (χ2n) is 4.46. The fraction of sp³-hybridized carbons (Fsp3) is 0.286. The zero-order valence-corrected chi connectivity index (χ0v) is 12.2. The van der Waals surface area contributed by atoms with Gasteiger partial charge in [-0.2, -0.15) is 0 Å². The van der Waals surface area contributed by atoms with Crippen LogP contribution in [0.25, 0.3) is 0 Å². The van der Waals surface area contributed by atoms with Gasteiger partial charge in [0, 0.05) is 29.2 Å². The molecule has 0 bridgehead atoms. The van der Waals surface area contributed by atoms with E-state index in [0.29, 0.717) is 6.54 Å². The van der Waals surface area contributed by atoms with Gasteiger partial charge in [0.25, 0.3) is 0 Å². The molecular formula is C14H16BrFN2O. The maximum Gasteiger partial charge on any atom is 0.124 e. The molecule has 2 aromatic rings. The molecule has 0 saturated carbocycles. The summed E-state index contributed by atoms with van der Waals surface area (Å²) >= 11 is 3.39. The van der Waals surface area contributed by atoms with Crippen molar-refractivity contribution in [2.24, 2.45) is 5.73 Å². The second kappa shape index (κ2) is 6.32. The number of furan rings is 1. The SMILES string of the molecule is CN(Cc1ccoc1)C(CN)c1ccc(F)cc1Br. The van der Waals surface area contributed by atoms with Crippen LogP contribution in [0, 0.1) is 5.82 Å². The summed E-state index contributed by atoms with van der Waals surface area (Å²) in [4.78, 5) is 2.11. The highest BCUT2D eigenvalue weighted by Gasteiger charge is 2.18. The van der Waals surface area contributed by atoms with E-state index >= 15 is 0 Å². The third-order valence-electron chi connectivity index (χ3n) is 3.09. The number of hydrogen-bond donors (Lipinski definition) is 1. The topological polar surface area (TPSA) is 42.4 Å². The molecule has 19 heavy (non-hydrogen) atoms. The molecule has 0 spiro atoms. The van der Waals surface area contributed by atoms with Crippen LogP contribution in [-0.4, -0.2) is 18.5 Å². The van der Waals surface area contributed by atoms with Crippen LogP contribution >= 0.6 is 15.9 Å². The lowest BCUT2D eigenvalue weighted by Gasteiger charge is -2.27. The highest BCUT2D eigenvalue weighted by molar-refractivity contribution is 9.10. The molecule has 1 atom stereocenters. The number of likely N-dealkylation sites (N-methyl/N-ethyl adjacent to an activating group) is 1. The Hall–Kier alpha value is -1.17. The Morgan fingerprint density at radius 1 is 1.42 bits per heavy atom. The average molecular weight is 327 g/mol. The third kappa shape index (κ3) is 3.43. The number of benzene rings is 1. The van der Waals surface area contributed by atoms with Crippen molar-refractivity contribution in [2.45, 2.75) is 12.6 Å². The molecule has 0 radical (unpaired) electrons. The standard InChI is InChI=1S/C14H16BrFN2O/c1-18(8-10-4-5-19-9-10)14(7-17)12-3-2-11(16)6-13(12)15/h2-6,9,14H,7-8,17H2,1H3. The molecule has 1 aromatic heterocycles. The maximum absolute atomic E-state index is 13.1. The first-order valence-corrected chi connectivity index (χ1v) is 6.77. The molecule has 3 nitrogen and oxygen atoms in total. The summed E-state index contributed by atoms with van der Waals surface area (Å²) < 4.78 is 18.9. The van der Waals surface area contributed by atoms with Crippen LogP contribution in [0.3, 0.4) is 0 Å². The van der Waals surface area contributed by atoms with Crippen molar-refractivity contribution in [3.8, 4) is 0 Å². The van der Waals surface area contributed by atoms with Gasteiger partial charge < -0.3 is 10.2 Å². The summed E-state index contributed by atoms with van der Waals surface area (Å²) in [5, 5.41) is 0. The van der Waals surface area contributed by atoms with E-state index in [1.807, 2.05) is 13.1 Å². The van der Waals surface area contributed by atoms with Crippen LogP contribution in [0.4, 0.5) is 4.39 Å². The molecule has 5 heteroatoms. The number of nitrogens with zero attached hydrogens (tertiary/aromatic N) is 1. The van der Waals surface area contributed by atoms with Crippen molar-refractivity contribution in [2.75, 3.05) is 13.6 Å². The Morgan fingerprint density at radius 2 is 2.21 bits per heavy atom. The van der Waals surface area contributed by atoms with Gasteiger partial charge in [-0.1, -0.05) is 22.0 Å². The minimum atomic E-state index is -0.260. The van der Waals surface area contributed by atoms with E-state index in [9.17, 15) is 4.39 Å². The van der Waals surface area contributed by atoms with Gasteiger partial charge in [-0.15, -0.1) is 0 Å². The summed E-state index contributed by atoms with van der Waals surface area (Å²) in [5.41, 5.74) is 7.93. The fourth-order valence-corrected chi connectivity index (χ4v) is 2.71. The lowest BCUT2D eigenvalue weighted by Crippen LogP contribution is -2.30. The Kier molecular flexibility index (Phi) is 4.74. The number of hydrogen-bond acceptors (Lipinski definition) is 3. The van der Waals surface area contributed by atoms with E-state index in [1.54, 1.807) is 18.6 Å². The van der Waals surface area contributed by atoms with Gasteiger partial charge in [-0.25, -0.2) is 4.39 Å². The Morgan fingerprint density at radius 3 is 2.79 bits per heavy atom. The summed E-state index contributed by atoms with van der Waals surface area (Å²) in [6.45, 7) is 1.18. The molecule has 2 rings (SSSR count). The Bertz CT molecular complexity index is 530. The molecule has 0 saturated heterocycles. The second-order valence-corrected chi connectivity index (χ2v) is 5.32. The first kappa shape index (κ1) is 14.2. The highest BCUT2D eigenvalue weighted by Crippen LogP contribution is 2.28. The minimum absolute atomic E-state index is 0.0184. The summed E-state index contributed by atoms with van der Waals surface area (Å²) in [5.74, 6) is -0.260. The van der Waals surface area contributed by atoms with Gasteiger partial charge in [0.1, 0.15) is 5.82 Å². The van der Waals surface area contributed by atoms with E-state index in [2.05, 4.69) is 20.8 Å². The summed E-state index contributed by atoms with van der Waals surface area (Å²) in [6.07, 6.45) is 3.36. The maximum atomic E-state index is 13.1. The molecule has 0 fully saturated rings. The van der Waals surface area contributed by atoms with Gasteiger partial charge in [0.05, 0.1) is 12.5 Å². The molecule has 0 aliphatic heterocycles. The molecule has 1 unspecified atom stereocenters. The van der Waals surface area contributed by atoms with Gasteiger partial charge >= 0.3 is 0 Å². The molecule has 1 aromatic carbocycles. The van der Waals surface area contributed by atoms with Gasteiger partial charge in [0.15, 0.2) is 0 Å². The van der Waals surface area contributed by atoms with E-state index in [4.69, 9.17) is 10.2 Å². The Labute approximate surface area is 120 Å². The number of halogens is 2. The minimum Gasteiger partial charge on any atom is -0.472 e. The molecule has 2 N–H and O–H groups in total. The van der Waals surface area contributed by atoms with E-state index in [1.165, 1.54) is 12.1 Å². The first-order chi connectivity index (χ1) is 9.11. The highest BCUT2D eigenvalue weighted by atomic mass is 79.9. The largest absolute Gasteiger partial charge is 0.472 e. The third-order valence-corrected chi connectivity index (χ3v) is 3.78. The van der Waals surface area contributed by atoms with Gasteiger partial charge in [0.2, 0.25) is 0 Å². The van der Waals surface area contributed by atoms with Crippen molar-refractivity contribution < 1.29 is 8.81 Å². The normalized spacial score (nSPS) is 12.9. The van der Waals surface area contributed by atoms with Crippen LogP contribution in [-0.2, 0) is 6.54 Å². The van der Waals surface area contributed by atoms with Crippen molar-refractivity contribution in [3.63, 3.8) is 0 Å². The van der Waals surface area contributed by atoms with E-state index in [0.717, 1.165) is 22.1 Å². The molecule has 0 aliphatic rings. The quantitative estimate of drug-likeness (QED) is 0.916. The monoisotopic (exact) mass is 326 g/mol. The van der Waals surface area contributed by atoms with Crippen LogP contribution in [0.1, 0.15) is 17.2 Å². The fourth-order valence-electron chi connectivity index (χ4n) is 2.10. The van der Waals surface area contributed by atoms with Crippen molar-refractivity contribution >= 4 is 15.9 Å². The number of rotatable bonds is 5. The molecular weight excluding hydrogens is 311 g/mol. The van der Waals surface area contributed by atoms with Crippen LogP contribution in [0.2, 0.25) is 0 Å². The number of nitrogens with two attached hydrogens (primary N) is 1. The Balaban J connectivity index is 2.18. The first-order valence-electron chi connectivity index (χ1n) is 5.98. The van der Waals surface area contributed by atoms with Gasteiger partial charge in [-0.3, -0.25) is 4.90 Å². The molecule has 102 valence electrons. The molecule has 0 amide bonds. The lowest BCUT2D eigenvalue weighted by molar-refractivity contribution is 0.240. The van der Waals surface area contributed by atoms with Crippen LogP contribution in [0.5, 0.6) is 0 Å².